The van der Waals surface area contributed by atoms with Crippen LogP contribution in [0.5, 0.6) is 0 Å². The lowest BCUT2D eigenvalue weighted by atomic mass is 10.1. The van der Waals surface area contributed by atoms with Gasteiger partial charge >= 0.3 is 0 Å². The molecule has 4 heteroatoms. The van der Waals surface area contributed by atoms with Crippen LogP contribution in [0.4, 0.5) is 0 Å². The van der Waals surface area contributed by atoms with Gasteiger partial charge in [-0.3, -0.25) is 4.68 Å². The summed E-state index contributed by atoms with van der Waals surface area (Å²) >= 11 is 0. The van der Waals surface area contributed by atoms with Crippen molar-refractivity contribution in [2.75, 3.05) is 20.1 Å². The zero-order chi connectivity index (χ0) is 10.1. The molecular formula is C10H18N3P. The summed E-state index contributed by atoms with van der Waals surface area (Å²) in [6.07, 6.45) is 4.60. The molecule has 1 unspecified atom stereocenters. The van der Waals surface area contributed by atoms with Crippen molar-refractivity contribution >= 4 is 14.5 Å². The molecule has 1 aliphatic heterocycles. The third kappa shape index (κ3) is 1.99. The molecule has 0 saturated carbocycles. The second-order valence-electron chi connectivity index (χ2n) is 4.18. The zero-order valence-corrected chi connectivity index (χ0v) is 10.1. The molecule has 0 N–H and O–H groups in total. The zero-order valence-electron chi connectivity index (χ0n) is 8.90. The number of nitrogens with zero attached hydrogens (tertiary/aromatic N) is 3. The number of rotatable bonds is 1. The van der Waals surface area contributed by atoms with Gasteiger partial charge in [-0.1, -0.05) is 0 Å². The van der Waals surface area contributed by atoms with Gasteiger partial charge in [0.2, 0.25) is 0 Å². The summed E-state index contributed by atoms with van der Waals surface area (Å²) in [4.78, 5) is 2.38. The molecule has 1 aromatic heterocycles. The number of aromatic nitrogens is 2. The van der Waals surface area contributed by atoms with Gasteiger partial charge in [0.25, 0.3) is 0 Å². The molecule has 2 rings (SSSR count). The summed E-state index contributed by atoms with van der Waals surface area (Å²) in [6, 6.07) is 0.610. The van der Waals surface area contributed by atoms with Crippen molar-refractivity contribution in [1.82, 2.24) is 14.7 Å². The van der Waals surface area contributed by atoms with E-state index < -0.39 is 0 Å². The van der Waals surface area contributed by atoms with Crippen molar-refractivity contribution in [2.45, 2.75) is 25.8 Å². The molecule has 0 radical (unpaired) electrons. The highest BCUT2D eigenvalue weighted by atomic mass is 31.0. The standard InChI is InChI=1S/C10H18N3P/c1-8-10(14)7-13(11-8)9-3-5-12(2)6-4-9/h7,9H,3-6,14H2,1-2H3. The molecular weight excluding hydrogens is 193 g/mol. The van der Waals surface area contributed by atoms with Crippen LogP contribution in [0.15, 0.2) is 6.20 Å². The van der Waals surface area contributed by atoms with Gasteiger partial charge < -0.3 is 4.90 Å². The number of piperidine rings is 1. The molecule has 0 amide bonds. The molecule has 1 aromatic rings. The first-order valence-corrected chi connectivity index (χ1v) is 5.74. The number of aryl methyl sites for hydroxylation is 1. The third-order valence-corrected chi connectivity index (χ3v) is 3.58. The van der Waals surface area contributed by atoms with E-state index in [1.807, 2.05) is 0 Å². The van der Waals surface area contributed by atoms with Crippen LogP contribution in [0.25, 0.3) is 0 Å². The Morgan fingerprint density at radius 3 is 2.57 bits per heavy atom. The third-order valence-electron chi connectivity index (χ3n) is 3.02. The lowest BCUT2D eigenvalue weighted by molar-refractivity contribution is 0.212. The van der Waals surface area contributed by atoms with E-state index in [1.165, 1.54) is 31.2 Å². The SMILES string of the molecule is Cc1nn(C2CCN(C)CC2)cc1P. The highest BCUT2D eigenvalue weighted by Gasteiger charge is 2.19. The fourth-order valence-electron chi connectivity index (χ4n) is 1.94. The highest BCUT2D eigenvalue weighted by Crippen LogP contribution is 2.20. The Kier molecular flexibility index (Phi) is 2.89. The maximum Gasteiger partial charge on any atom is 0.0665 e. The van der Waals surface area contributed by atoms with Crippen LogP contribution in [-0.4, -0.2) is 34.8 Å². The maximum atomic E-state index is 4.54. The van der Waals surface area contributed by atoms with Crippen molar-refractivity contribution in [1.29, 1.82) is 0 Å². The average Bonchev–Trinajstić information content (AvgIpc) is 2.48. The van der Waals surface area contributed by atoms with Crippen LogP contribution in [-0.2, 0) is 0 Å². The highest BCUT2D eigenvalue weighted by molar-refractivity contribution is 7.27. The molecule has 0 aromatic carbocycles. The Balaban J connectivity index is 2.08. The second-order valence-corrected chi connectivity index (χ2v) is 4.81. The fourth-order valence-corrected chi connectivity index (χ4v) is 2.15. The van der Waals surface area contributed by atoms with Gasteiger partial charge in [-0.2, -0.15) is 5.10 Å². The van der Waals surface area contributed by atoms with E-state index in [2.05, 4.69) is 44.1 Å². The first kappa shape index (κ1) is 10.1. The molecule has 0 aliphatic carbocycles. The summed E-state index contributed by atoms with van der Waals surface area (Å²) in [7, 11) is 4.93. The Hall–Kier alpha value is -0.400. The van der Waals surface area contributed by atoms with E-state index in [9.17, 15) is 0 Å². The molecule has 1 fully saturated rings. The Labute approximate surface area is 87.7 Å². The van der Waals surface area contributed by atoms with Crippen molar-refractivity contribution in [3.05, 3.63) is 11.9 Å². The molecule has 1 aliphatic rings. The minimum atomic E-state index is 0.610. The Morgan fingerprint density at radius 2 is 2.07 bits per heavy atom. The molecule has 2 heterocycles. The molecule has 1 atom stereocenters. The minimum absolute atomic E-state index is 0.610. The largest absolute Gasteiger partial charge is 0.306 e. The number of likely N-dealkylation sites (tertiary alicyclic amines) is 1. The number of hydrogen-bond acceptors (Lipinski definition) is 2. The monoisotopic (exact) mass is 211 g/mol. The van der Waals surface area contributed by atoms with E-state index in [0.717, 1.165) is 5.69 Å². The van der Waals surface area contributed by atoms with Gasteiger partial charge in [-0.15, -0.1) is 9.24 Å². The Bertz CT molecular complexity index is 294. The van der Waals surface area contributed by atoms with E-state index >= 15 is 0 Å². The van der Waals surface area contributed by atoms with Crippen LogP contribution >= 0.6 is 9.24 Å². The summed E-state index contributed by atoms with van der Waals surface area (Å²) in [5, 5.41) is 5.76. The minimum Gasteiger partial charge on any atom is -0.306 e. The molecule has 0 bridgehead atoms. The van der Waals surface area contributed by atoms with Gasteiger partial charge in [0, 0.05) is 11.5 Å². The average molecular weight is 211 g/mol. The molecule has 0 spiro atoms. The van der Waals surface area contributed by atoms with Crippen molar-refractivity contribution in [3.8, 4) is 0 Å². The van der Waals surface area contributed by atoms with Gasteiger partial charge in [-0.05, 0) is 39.9 Å². The van der Waals surface area contributed by atoms with Gasteiger partial charge in [0.15, 0.2) is 0 Å². The fraction of sp³-hybridized carbons (Fsp3) is 0.700. The van der Waals surface area contributed by atoms with Crippen LogP contribution in [0.1, 0.15) is 24.6 Å². The second kappa shape index (κ2) is 4.00. The molecule has 78 valence electrons. The lowest BCUT2D eigenvalue weighted by Crippen LogP contribution is -2.31. The molecule has 14 heavy (non-hydrogen) atoms. The van der Waals surface area contributed by atoms with Crippen LogP contribution < -0.4 is 5.30 Å². The van der Waals surface area contributed by atoms with Crippen molar-refractivity contribution in [2.24, 2.45) is 0 Å². The van der Waals surface area contributed by atoms with E-state index in [-0.39, 0.29) is 0 Å². The number of hydrogen-bond donors (Lipinski definition) is 0. The van der Waals surface area contributed by atoms with Crippen molar-refractivity contribution < 1.29 is 0 Å². The normalized spacial score (nSPS) is 20.2. The van der Waals surface area contributed by atoms with Gasteiger partial charge in [0.05, 0.1) is 11.7 Å². The smallest absolute Gasteiger partial charge is 0.0665 e. The lowest BCUT2D eigenvalue weighted by Gasteiger charge is -2.28. The van der Waals surface area contributed by atoms with Gasteiger partial charge in [0.1, 0.15) is 0 Å². The van der Waals surface area contributed by atoms with Crippen LogP contribution in [0.3, 0.4) is 0 Å². The topological polar surface area (TPSA) is 21.1 Å². The Morgan fingerprint density at radius 1 is 1.43 bits per heavy atom. The molecule has 1 saturated heterocycles. The first-order chi connectivity index (χ1) is 6.66. The van der Waals surface area contributed by atoms with E-state index in [4.69, 9.17) is 0 Å². The van der Waals surface area contributed by atoms with E-state index in [0.29, 0.717) is 6.04 Å². The van der Waals surface area contributed by atoms with Crippen molar-refractivity contribution in [3.63, 3.8) is 0 Å². The molecule has 3 nitrogen and oxygen atoms in total. The predicted molar refractivity (Wildman–Crippen MR) is 62.1 cm³/mol. The summed E-state index contributed by atoms with van der Waals surface area (Å²) in [6.45, 7) is 4.44. The summed E-state index contributed by atoms with van der Waals surface area (Å²) < 4.78 is 2.14. The van der Waals surface area contributed by atoms with E-state index in [1.54, 1.807) is 0 Å². The summed E-state index contributed by atoms with van der Waals surface area (Å²) in [5.74, 6) is 0. The van der Waals surface area contributed by atoms with Crippen LogP contribution in [0.2, 0.25) is 0 Å². The van der Waals surface area contributed by atoms with Gasteiger partial charge in [-0.25, -0.2) is 0 Å². The maximum absolute atomic E-state index is 4.54. The van der Waals surface area contributed by atoms with Crippen LogP contribution in [0, 0.1) is 6.92 Å². The quantitative estimate of drug-likeness (QED) is 0.645. The predicted octanol–water partition coefficient (Wildman–Crippen LogP) is 0.959. The summed E-state index contributed by atoms with van der Waals surface area (Å²) in [5.41, 5.74) is 1.13. The first-order valence-electron chi connectivity index (χ1n) is 5.16.